The number of carbonyl (C=O) groups excluding carboxylic acids is 1. The molecule has 0 aliphatic carbocycles. The predicted octanol–water partition coefficient (Wildman–Crippen LogP) is 2.25. The van der Waals surface area contributed by atoms with Gasteiger partial charge in [0.25, 0.3) is 11.4 Å². The van der Waals surface area contributed by atoms with Gasteiger partial charge in [-0.05, 0) is 13.3 Å². The number of rotatable bonds is 7. The summed E-state index contributed by atoms with van der Waals surface area (Å²) in [4.78, 5) is 42.4. The van der Waals surface area contributed by atoms with Crippen LogP contribution < -0.4 is 0 Å². The summed E-state index contributed by atoms with van der Waals surface area (Å²) < 4.78 is 0. The maximum Gasteiger partial charge on any atom is 0.303 e. The van der Waals surface area contributed by atoms with E-state index in [1.54, 1.807) is 0 Å². The molecule has 0 aliphatic rings. The second-order valence-electron chi connectivity index (χ2n) is 4.32. The van der Waals surface area contributed by atoms with E-state index in [1.165, 1.54) is 6.92 Å². The molecule has 0 spiro atoms. The number of nitro groups is 2. The first-order chi connectivity index (χ1) is 9.73. The van der Waals surface area contributed by atoms with Crippen LogP contribution in [0.25, 0.3) is 0 Å². The summed E-state index contributed by atoms with van der Waals surface area (Å²) in [6.45, 7) is 1.33. The van der Waals surface area contributed by atoms with Crippen molar-refractivity contribution in [1.82, 2.24) is 0 Å². The minimum absolute atomic E-state index is 0.0333. The Morgan fingerprint density at radius 1 is 1.14 bits per heavy atom. The van der Waals surface area contributed by atoms with Crippen LogP contribution in [0.15, 0.2) is 12.1 Å². The number of hydrogen-bond acceptors (Lipinski definition) is 6. The van der Waals surface area contributed by atoms with Crippen molar-refractivity contribution in [3.8, 4) is 0 Å². The number of hydrogen-bond donors (Lipinski definition) is 1. The maximum atomic E-state index is 12.0. The molecule has 0 aliphatic heterocycles. The molecular weight excluding hydrogens is 284 g/mol. The van der Waals surface area contributed by atoms with E-state index in [4.69, 9.17) is 5.11 Å². The number of carbonyl (C=O) groups is 2. The number of benzene rings is 1. The van der Waals surface area contributed by atoms with Gasteiger partial charge in [-0.1, -0.05) is 0 Å². The van der Waals surface area contributed by atoms with Gasteiger partial charge >= 0.3 is 5.97 Å². The van der Waals surface area contributed by atoms with Gasteiger partial charge in [-0.3, -0.25) is 29.8 Å². The van der Waals surface area contributed by atoms with E-state index in [9.17, 15) is 29.8 Å². The highest BCUT2D eigenvalue weighted by atomic mass is 16.6. The summed E-state index contributed by atoms with van der Waals surface area (Å²) in [7, 11) is 0. The van der Waals surface area contributed by atoms with Crippen molar-refractivity contribution in [2.24, 2.45) is 0 Å². The number of Topliss-reactive ketones (excluding diaryl/α,β-unsaturated/α-hetero) is 1. The Hall–Kier alpha value is -2.84. The van der Waals surface area contributed by atoms with Crippen LogP contribution >= 0.6 is 0 Å². The number of ketones is 1. The van der Waals surface area contributed by atoms with Crippen LogP contribution in [-0.2, 0) is 4.79 Å². The summed E-state index contributed by atoms with van der Waals surface area (Å²) >= 11 is 0. The van der Waals surface area contributed by atoms with Crippen LogP contribution in [0.1, 0.15) is 35.2 Å². The van der Waals surface area contributed by atoms with Gasteiger partial charge in [-0.15, -0.1) is 0 Å². The standard InChI is InChI=1S/C12H12N2O7/c1-7-9(11(15)3-2-4-12(16)17)5-8(13(18)19)6-10(7)14(20)21/h5-6H,2-4H2,1H3,(H,16,17). The molecule has 9 heteroatoms. The third-order valence-corrected chi connectivity index (χ3v) is 2.87. The van der Waals surface area contributed by atoms with Crippen LogP contribution in [0.2, 0.25) is 0 Å². The van der Waals surface area contributed by atoms with Gasteiger partial charge in [-0.25, -0.2) is 0 Å². The molecule has 1 aromatic rings. The van der Waals surface area contributed by atoms with Gasteiger partial charge in [0.15, 0.2) is 5.78 Å². The topological polar surface area (TPSA) is 141 Å². The van der Waals surface area contributed by atoms with Crippen molar-refractivity contribution < 1.29 is 24.5 Å². The van der Waals surface area contributed by atoms with Crippen molar-refractivity contribution >= 4 is 23.1 Å². The molecule has 1 N–H and O–H groups in total. The van der Waals surface area contributed by atoms with Crippen molar-refractivity contribution in [1.29, 1.82) is 0 Å². The fourth-order valence-corrected chi connectivity index (χ4v) is 1.80. The van der Waals surface area contributed by atoms with Gasteiger partial charge in [0.2, 0.25) is 0 Å². The molecule has 0 bridgehead atoms. The number of carboxylic acids is 1. The lowest BCUT2D eigenvalue weighted by atomic mass is 9.98. The molecule has 0 saturated carbocycles. The van der Waals surface area contributed by atoms with Crippen LogP contribution in [0.5, 0.6) is 0 Å². The Labute approximate surface area is 118 Å². The molecule has 0 unspecified atom stereocenters. The van der Waals surface area contributed by atoms with Crippen LogP contribution in [0.4, 0.5) is 11.4 Å². The Kier molecular flexibility index (Phi) is 5.06. The molecule has 112 valence electrons. The summed E-state index contributed by atoms with van der Waals surface area (Å²) in [6, 6.07) is 1.77. The van der Waals surface area contributed by atoms with Gasteiger partial charge in [-0.2, -0.15) is 0 Å². The summed E-state index contributed by atoms with van der Waals surface area (Å²) in [5, 5.41) is 30.1. The van der Waals surface area contributed by atoms with E-state index < -0.39 is 33.0 Å². The molecule has 0 aromatic heterocycles. The Morgan fingerprint density at radius 2 is 1.76 bits per heavy atom. The average Bonchev–Trinajstić information content (AvgIpc) is 2.37. The van der Waals surface area contributed by atoms with E-state index in [0.717, 1.165) is 12.1 Å². The first-order valence-corrected chi connectivity index (χ1v) is 5.92. The van der Waals surface area contributed by atoms with Gasteiger partial charge in [0, 0.05) is 30.0 Å². The first kappa shape index (κ1) is 16.2. The molecule has 0 saturated heterocycles. The molecule has 21 heavy (non-hydrogen) atoms. The van der Waals surface area contributed by atoms with Crippen LogP contribution in [0, 0.1) is 27.2 Å². The normalized spacial score (nSPS) is 10.1. The highest BCUT2D eigenvalue weighted by Crippen LogP contribution is 2.29. The second-order valence-corrected chi connectivity index (χ2v) is 4.32. The summed E-state index contributed by atoms with van der Waals surface area (Å²) in [5.74, 6) is -1.62. The largest absolute Gasteiger partial charge is 0.481 e. The van der Waals surface area contributed by atoms with E-state index in [-0.39, 0.29) is 30.4 Å². The number of nitrogens with zero attached hydrogens (tertiary/aromatic N) is 2. The number of carboxylic acid groups (broad SMARTS) is 1. The third-order valence-electron chi connectivity index (χ3n) is 2.87. The van der Waals surface area contributed by atoms with Crippen LogP contribution in [-0.4, -0.2) is 26.7 Å². The van der Waals surface area contributed by atoms with Crippen LogP contribution in [0.3, 0.4) is 0 Å². The predicted molar refractivity (Wildman–Crippen MR) is 70.3 cm³/mol. The van der Waals surface area contributed by atoms with Crippen molar-refractivity contribution in [3.05, 3.63) is 43.5 Å². The van der Waals surface area contributed by atoms with Crippen molar-refractivity contribution in [2.45, 2.75) is 26.2 Å². The molecule has 1 aromatic carbocycles. The molecule has 0 fully saturated rings. The first-order valence-electron chi connectivity index (χ1n) is 5.92. The van der Waals surface area contributed by atoms with E-state index >= 15 is 0 Å². The third kappa shape index (κ3) is 4.06. The minimum atomic E-state index is -1.07. The fourth-order valence-electron chi connectivity index (χ4n) is 1.80. The average molecular weight is 296 g/mol. The maximum absolute atomic E-state index is 12.0. The molecule has 0 heterocycles. The second kappa shape index (κ2) is 6.55. The smallest absolute Gasteiger partial charge is 0.303 e. The summed E-state index contributed by atoms with van der Waals surface area (Å²) in [6.07, 6.45) is -0.308. The zero-order valence-electron chi connectivity index (χ0n) is 11.1. The monoisotopic (exact) mass is 296 g/mol. The van der Waals surface area contributed by atoms with E-state index in [1.807, 2.05) is 0 Å². The molecule has 0 amide bonds. The highest BCUT2D eigenvalue weighted by molar-refractivity contribution is 5.99. The zero-order valence-corrected chi connectivity index (χ0v) is 11.1. The molecule has 0 radical (unpaired) electrons. The van der Waals surface area contributed by atoms with Crippen molar-refractivity contribution in [2.75, 3.05) is 0 Å². The Balaban J connectivity index is 3.15. The minimum Gasteiger partial charge on any atom is -0.481 e. The van der Waals surface area contributed by atoms with Crippen molar-refractivity contribution in [3.63, 3.8) is 0 Å². The lowest BCUT2D eigenvalue weighted by Gasteiger charge is -2.05. The highest BCUT2D eigenvalue weighted by Gasteiger charge is 2.24. The Bertz CT molecular complexity index is 624. The van der Waals surface area contributed by atoms with Gasteiger partial charge in [0.1, 0.15) is 0 Å². The lowest BCUT2D eigenvalue weighted by molar-refractivity contribution is -0.394. The molecular formula is C12H12N2O7. The summed E-state index contributed by atoms with van der Waals surface area (Å²) in [5.41, 5.74) is -1.15. The molecule has 9 nitrogen and oxygen atoms in total. The van der Waals surface area contributed by atoms with E-state index in [0.29, 0.717) is 0 Å². The Morgan fingerprint density at radius 3 is 2.24 bits per heavy atom. The van der Waals surface area contributed by atoms with Gasteiger partial charge in [0.05, 0.1) is 15.9 Å². The quantitative estimate of drug-likeness (QED) is 0.462. The fraction of sp³-hybridized carbons (Fsp3) is 0.333. The molecule has 0 atom stereocenters. The molecule has 1 rings (SSSR count). The lowest BCUT2D eigenvalue weighted by Crippen LogP contribution is -2.07. The number of non-ortho nitro benzene ring substituents is 1. The van der Waals surface area contributed by atoms with Gasteiger partial charge < -0.3 is 5.11 Å². The zero-order chi connectivity index (χ0) is 16.2. The number of nitro benzene ring substituents is 2. The SMILES string of the molecule is Cc1c(C(=O)CCCC(=O)O)cc([N+](=O)[O-])cc1[N+](=O)[O-]. The number of aliphatic carboxylic acids is 1. The van der Waals surface area contributed by atoms with E-state index in [2.05, 4.69) is 0 Å².